The van der Waals surface area contributed by atoms with Crippen molar-refractivity contribution in [3.05, 3.63) is 35.4 Å². The number of rotatable bonds is 2. The van der Waals surface area contributed by atoms with Gasteiger partial charge in [-0.3, -0.25) is 0 Å². The summed E-state index contributed by atoms with van der Waals surface area (Å²) < 4.78 is 26.7. The van der Waals surface area contributed by atoms with Crippen molar-refractivity contribution in [2.24, 2.45) is 11.7 Å². The SMILES string of the molecule is NC[C@H]1CCCN[C@@H]1c1cc(F)ccc1F. The van der Waals surface area contributed by atoms with Crippen molar-refractivity contribution in [1.29, 1.82) is 0 Å². The predicted molar refractivity (Wildman–Crippen MR) is 58.9 cm³/mol. The summed E-state index contributed by atoms with van der Waals surface area (Å²) in [4.78, 5) is 0. The number of halogens is 2. The van der Waals surface area contributed by atoms with Crippen LogP contribution in [0, 0.1) is 17.6 Å². The van der Waals surface area contributed by atoms with Crippen molar-refractivity contribution in [2.75, 3.05) is 13.1 Å². The van der Waals surface area contributed by atoms with Crippen molar-refractivity contribution < 1.29 is 8.78 Å². The van der Waals surface area contributed by atoms with Gasteiger partial charge in [0.05, 0.1) is 0 Å². The normalized spacial score (nSPS) is 25.7. The van der Waals surface area contributed by atoms with E-state index in [1.54, 1.807) is 0 Å². The highest BCUT2D eigenvalue weighted by Crippen LogP contribution is 2.30. The summed E-state index contributed by atoms with van der Waals surface area (Å²) in [5.41, 5.74) is 6.06. The fourth-order valence-corrected chi connectivity index (χ4v) is 2.33. The second-order valence-corrected chi connectivity index (χ2v) is 4.24. The van der Waals surface area contributed by atoms with E-state index >= 15 is 0 Å². The van der Waals surface area contributed by atoms with Crippen LogP contribution in [-0.4, -0.2) is 13.1 Å². The average molecular weight is 226 g/mol. The fourth-order valence-electron chi connectivity index (χ4n) is 2.33. The second-order valence-electron chi connectivity index (χ2n) is 4.24. The van der Waals surface area contributed by atoms with E-state index in [0.29, 0.717) is 12.1 Å². The third-order valence-electron chi connectivity index (χ3n) is 3.18. The smallest absolute Gasteiger partial charge is 0.128 e. The molecule has 2 atom stereocenters. The van der Waals surface area contributed by atoms with E-state index < -0.39 is 5.82 Å². The maximum Gasteiger partial charge on any atom is 0.128 e. The Labute approximate surface area is 93.8 Å². The summed E-state index contributed by atoms with van der Waals surface area (Å²) in [5.74, 6) is -0.580. The second kappa shape index (κ2) is 4.89. The van der Waals surface area contributed by atoms with Crippen LogP contribution in [0.3, 0.4) is 0 Å². The molecular weight excluding hydrogens is 210 g/mol. The van der Waals surface area contributed by atoms with Gasteiger partial charge in [-0.2, -0.15) is 0 Å². The van der Waals surface area contributed by atoms with Gasteiger partial charge in [0.1, 0.15) is 11.6 Å². The molecule has 0 aliphatic carbocycles. The Morgan fingerprint density at radius 3 is 2.94 bits per heavy atom. The van der Waals surface area contributed by atoms with E-state index in [9.17, 15) is 8.78 Å². The van der Waals surface area contributed by atoms with Crippen LogP contribution in [0.25, 0.3) is 0 Å². The maximum absolute atomic E-state index is 13.6. The van der Waals surface area contributed by atoms with Crippen molar-refractivity contribution in [1.82, 2.24) is 5.32 Å². The zero-order valence-corrected chi connectivity index (χ0v) is 9.05. The lowest BCUT2D eigenvalue weighted by atomic mass is 9.86. The molecular formula is C12H16F2N2. The first kappa shape index (κ1) is 11.5. The minimum absolute atomic E-state index is 0.158. The Hall–Kier alpha value is -1.00. The number of nitrogens with one attached hydrogen (secondary N) is 1. The Balaban J connectivity index is 2.30. The monoisotopic (exact) mass is 226 g/mol. The van der Waals surface area contributed by atoms with Gasteiger partial charge in [0, 0.05) is 11.6 Å². The molecule has 1 aromatic rings. The molecule has 3 N–H and O–H groups in total. The first-order chi connectivity index (χ1) is 7.72. The third-order valence-corrected chi connectivity index (χ3v) is 3.18. The summed E-state index contributed by atoms with van der Waals surface area (Å²) in [6.07, 6.45) is 2.00. The molecule has 0 bridgehead atoms. The first-order valence-corrected chi connectivity index (χ1v) is 5.60. The summed E-state index contributed by atoms with van der Waals surface area (Å²) in [5, 5.41) is 3.22. The van der Waals surface area contributed by atoms with E-state index in [4.69, 9.17) is 5.73 Å². The van der Waals surface area contributed by atoms with E-state index in [1.807, 2.05) is 0 Å². The largest absolute Gasteiger partial charge is 0.330 e. The van der Waals surface area contributed by atoms with Gasteiger partial charge in [-0.25, -0.2) is 8.78 Å². The number of nitrogens with two attached hydrogens (primary N) is 1. The first-order valence-electron chi connectivity index (χ1n) is 5.60. The Morgan fingerprint density at radius 1 is 1.38 bits per heavy atom. The molecule has 0 saturated carbocycles. The molecule has 0 spiro atoms. The molecule has 2 rings (SSSR count). The topological polar surface area (TPSA) is 38.0 Å². The van der Waals surface area contributed by atoms with Crippen molar-refractivity contribution in [3.8, 4) is 0 Å². The van der Waals surface area contributed by atoms with E-state index in [2.05, 4.69) is 5.32 Å². The van der Waals surface area contributed by atoms with Crippen LogP contribution >= 0.6 is 0 Å². The molecule has 0 unspecified atom stereocenters. The van der Waals surface area contributed by atoms with Gasteiger partial charge < -0.3 is 11.1 Å². The predicted octanol–water partition coefficient (Wildman–Crippen LogP) is 1.96. The lowest BCUT2D eigenvalue weighted by Crippen LogP contribution is -2.38. The summed E-state index contributed by atoms with van der Waals surface area (Å²) in [6, 6.07) is 3.42. The van der Waals surface area contributed by atoms with E-state index in [-0.39, 0.29) is 17.8 Å². The van der Waals surface area contributed by atoms with E-state index in [0.717, 1.165) is 25.5 Å². The van der Waals surface area contributed by atoms with Crippen LogP contribution in [0.15, 0.2) is 18.2 Å². The molecule has 1 aliphatic rings. The molecule has 1 saturated heterocycles. The minimum atomic E-state index is -0.403. The highest BCUT2D eigenvalue weighted by molar-refractivity contribution is 5.23. The van der Waals surface area contributed by atoms with Gasteiger partial charge in [-0.15, -0.1) is 0 Å². The lowest BCUT2D eigenvalue weighted by molar-refractivity contribution is 0.284. The molecule has 1 aliphatic heterocycles. The minimum Gasteiger partial charge on any atom is -0.330 e. The quantitative estimate of drug-likeness (QED) is 0.809. The summed E-state index contributed by atoms with van der Waals surface area (Å²) >= 11 is 0. The Kier molecular flexibility index (Phi) is 3.51. The number of benzene rings is 1. The molecule has 4 heteroatoms. The molecule has 88 valence electrons. The van der Waals surface area contributed by atoms with Crippen molar-refractivity contribution in [2.45, 2.75) is 18.9 Å². The molecule has 1 fully saturated rings. The van der Waals surface area contributed by atoms with Gasteiger partial charge >= 0.3 is 0 Å². The Morgan fingerprint density at radius 2 is 2.19 bits per heavy atom. The van der Waals surface area contributed by atoms with Gasteiger partial charge in [-0.05, 0) is 50.0 Å². The van der Waals surface area contributed by atoms with Crippen LogP contribution in [0.2, 0.25) is 0 Å². The zero-order valence-electron chi connectivity index (χ0n) is 9.05. The van der Waals surface area contributed by atoms with Crippen LogP contribution in [0.4, 0.5) is 8.78 Å². The summed E-state index contributed by atoms with van der Waals surface area (Å²) in [6.45, 7) is 1.32. The van der Waals surface area contributed by atoms with Gasteiger partial charge in [0.25, 0.3) is 0 Å². The molecule has 1 aromatic carbocycles. The van der Waals surface area contributed by atoms with Gasteiger partial charge in [0.2, 0.25) is 0 Å². The average Bonchev–Trinajstić information content (AvgIpc) is 2.32. The zero-order chi connectivity index (χ0) is 11.5. The molecule has 1 heterocycles. The van der Waals surface area contributed by atoms with Crippen LogP contribution < -0.4 is 11.1 Å². The third kappa shape index (κ3) is 2.23. The van der Waals surface area contributed by atoms with E-state index in [1.165, 1.54) is 12.1 Å². The lowest BCUT2D eigenvalue weighted by Gasteiger charge is -2.32. The number of hydrogen-bond acceptors (Lipinski definition) is 2. The molecule has 0 radical (unpaired) electrons. The molecule has 0 amide bonds. The number of piperidine rings is 1. The standard InChI is InChI=1S/C12H16F2N2/c13-9-3-4-11(14)10(6-9)12-8(7-15)2-1-5-16-12/h3-4,6,8,12,16H,1-2,5,7,15H2/t8-,12+/m1/s1. The summed E-state index contributed by atoms with van der Waals surface area (Å²) in [7, 11) is 0. The van der Waals surface area contributed by atoms with Gasteiger partial charge in [-0.1, -0.05) is 0 Å². The van der Waals surface area contributed by atoms with Crippen molar-refractivity contribution in [3.63, 3.8) is 0 Å². The molecule has 0 aromatic heterocycles. The fraction of sp³-hybridized carbons (Fsp3) is 0.500. The highest BCUT2D eigenvalue weighted by atomic mass is 19.1. The maximum atomic E-state index is 13.6. The molecule has 16 heavy (non-hydrogen) atoms. The Bertz CT molecular complexity index is 368. The van der Waals surface area contributed by atoms with Crippen LogP contribution in [0.5, 0.6) is 0 Å². The highest BCUT2D eigenvalue weighted by Gasteiger charge is 2.27. The van der Waals surface area contributed by atoms with Crippen LogP contribution in [0.1, 0.15) is 24.4 Å². The molecule has 2 nitrogen and oxygen atoms in total. The number of hydrogen-bond donors (Lipinski definition) is 2. The van der Waals surface area contributed by atoms with Crippen molar-refractivity contribution >= 4 is 0 Å². The van der Waals surface area contributed by atoms with Gasteiger partial charge in [0.15, 0.2) is 0 Å². The van der Waals surface area contributed by atoms with Crippen LogP contribution in [-0.2, 0) is 0 Å².